The van der Waals surface area contributed by atoms with Crippen LogP contribution in [0.4, 0.5) is 10.1 Å². The Morgan fingerprint density at radius 3 is 2.60 bits per heavy atom. The molecular weight excluding hydrogens is 316 g/mol. The number of nitrogen functional groups attached to an aromatic ring is 1. The SMILES string of the molecule is COC(=O)c1c(N)c(F)cc(I)c1OC. The van der Waals surface area contributed by atoms with Crippen molar-refractivity contribution in [3.8, 4) is 5.75 Å². The molecule has 0 saturated heterocycles. The standard InChI is InChI=1S/C9H9FINO3/c1-14-8-5(11)3-4(10)7(12)6(8)9(13)15-2/h3H,12H2,1-2H3. The Bertz CT molecular complexity index is 409. The highest BCUT2D eigenvalue weighted by molar-refractivity contribution is 14.1. The number of rotatable bonds is 2. The molecule has 0 heterocycles. The lowest BCUT2D eigenvalue weighted by Crippen LogP contribution is -2.10. The first kappa shape index (κ1) is 12.0. The number of anilines is 1. The van der Waals surface area contributed by atoms with Crippen LogP contribution in [-0.2, 0) is 4.74 Å². The molecule has 0 spiro atoms. The molecule has 0 bridgehead atoms. The molecule has 0 aliphatic rings. The van der Waals surface area contributed by atoms with E-state index in [1.807, 2.05) is 22.6 Å². The van der Waals surface area contributed by atoms with E-state index >= 15 is 0 Å². The van der Waals surface area contributed by atoms with Gasteiger partial charge in [0.25, 0.3) is 0 Å². The third kappa shape index (κ3) is 2.14. The molecule has 1 aromatic rings. The monoisotopic (exact) mass is 325 g/mol. The quantitative estimate of drug-likeness (QED) is 0.512. The van der Waals surface area contributed by atoms with Gasteiger partial charge in [0.05, 0.1) is 23.5 Å². The van der Waals surface area contributed by atoms with E-state index in [0.717, 1.165) is 0 Å². The molecule has 0 aromatic heterocycles. The van der Waals surface area contributed by atoms with Gasteiger partial charge in [-0.2, -0.15) is 0 Å². The minimum absolute atomic E-state index is 0.0793. The zero-order valence-electron chi connectivity index (χ0n) is 8.14. The van der Waals surface area contributed by atoms with Crippen LogP contribution < -0.4 is 10.5 Å². The number of nitrogens with two attached hydrogens (primary N) is 1. The number of carbonyl (C=O) groups excluding carboxylic acids is 1. The highest BCUT2D eigenvalue weighted by Gasteiger charge is 2.22. The van der Waals surface area contributed by atoms with E-state index < -0.39 is 11.8 Å². The highest BCUT2D eigenvalue weighted by Crippen LogP contribution is 2.32. The van der Waals surface area contributed by atoms with Crippen molar-refractivity contribution in [2.45, 2.75) is 0 Å². The van der Waals surface area contributed by atoms with Gasteiger partial charge in [-0.1, -0.05) is 0 Å². The van der Waals surface area contributed by atoms with E-state index in [4.69, 9.17) is 10.5 Å². The summed E-state index contributed by atoms with van der Waals surface area (Å²) in [4.78, 5) is 11.4. The molecule has 0 radical (unpaired) electrons. The number of hydrogen-bond acceptors (Lipinski definition) is 4. The molecule has 15 heavy (non-hydrogen) atoms. The summed E-state index contributed by atoms with van der Waals surface area (Å²) in [5.74, 6) is -1.16. The third-order valence-electron chi connectivity index (χ3n) is 1.82. The second kappa shape index (κ2) is 4.65. The highest BCUT2D eigenvalue weighted by atomic mass is 127. The predicted molar refractivity (Wildman–Crippen MR) is 61.4 cm³/mol. The number of halogens is 2. The first-order chi connectivity index (χ1) is 7.02. The van der Waals surface area contributed by atoms with Crippen LogP contribution in [0.5, 0.6) is 5.75 Å². The number of methoxy groups -OCH3 is 2. The minimum atomic E-state index is -0.721. The van der Waals surface area contributed by atoms with Gasteiger partial charge in [-0.25, -0.2) is 9.18 Å². The Labute approximate surface area is 99.7 Å². The molecule has 1 rings (SSSR count). The lowest BCUT2D eigenvalue weighted by atomic mass is 10.1. The number of ether oxygens (including phenoxy) is 2. The van der Waals surface area contributed by atoms with Gasteiger partial charge in [0.2, 0.25) is 0 Å². The van der Waals surface area contributed by atoms with E-state index in [-0.39, 0.29) is 17.0 Å². The van der Waals surface area contributed by atoms with Crippen molar-refractivity contribution in [3.05, 3.63) is 21.0 Å². The molecule has 0 unspecified atom stereocenters. The number of hydrogen-bond donors (Lipinski definition) is 1. The molecule has 82 valence electrons. The van der Waals surface area contributed by atoms with Gasteiger partial charge < -0.3 is 15.2 Å². The van der Waals surface area contributed by atoms with E-state index in [9.17, 15) is 9.18 Å². The fourth-order valence-electron chi connectivity index (χ4n) is 1.12. The van der Waals surface area contributed by atoms with Crippen molar-refractivity contribution in [2.75, 3.05) is 20.0 Å². The van der Waals surface area contributed by atoms with E-state index in [0.29, 0.717) is 3.57 Å². The zero-order valence-corrected chi connectivity index (χ0v) is 10.3. The maximum atomic E-state index is 13.3. The maximum absolute atomic E-state index is 13.3. The second-order valence-electron chi connectivity index (χ2n) is 2.65. The zero-order chi connectivity index (χ0) is 11.6. The molecule has 0 aliphatic carbocycles. The summed E-state index contributed by atoms with van der Waals surface area (Å²) >= 11 is 1.85. The molecule has 2 N–H and O–H groups in total. The Morgan fingerprint density at radius 1 is 1.53 bits per heavy atom. The number of benzene rings is 1. The van der Waals surface area contributed by atoms with Gasteiger partial charge in [-0.3, -0.25) is 0 Å². The fourth-order valence-corrected chi connectivity index (χ4v) is 1.88. The van der Waals surface area contributed by atoms with Crippen LogP contribution in [0.2, 0.25) is 0 Å². The Hall–Kier alpha value is -1.05. The Kier molecular flexibility index (Phi) is 3.72. The smallest absolute Gasteiger partial charge is 0.343 e. The molecule has 0 atom stereocenters. The first-order valence-corrected chi connectivity index (χ1v) is 5.00. The van der Waals surface area contributed by atoms with Crippen LogP contribution in [0.25, 0.3) is 0 Å². The summed E-state index contributed by atoms with van der Waals surface area (Å²) in [5, 5.41) is 0. The van der Waals surface area contributed by atoms with Gasteiger partial charge in [0.15, 0.2) is 0 Å². The maximum Gasteiger partial charge on any atom is 0.343 e. The summed E-state index contributed by atoms with van der Waals surface area (Å²) in [5.41, 5.74) is 5.10. The van der Waals surface area contributed by atoms with E-state index in [1.165, 1.54) is 20.3 Å². The van der Waals surface area contributed by atoms with Gasteiger partial charge in [-0.05, 0) is 28.7 Å². The van der Waals surface area contributed by atoms with Crippen molar-refractivity contribution in [3.63, 3.8) is 0 Å². The number of esters is 1. The molecule has 1 aromatic carbocycles. The van der Waals surface area contributed by atoms with Crippen molar-refractivity contribution >= 4 is 34.2 Å². The summed E-state index contributed by atoms with van der Waals surface area (Å²) in [6.45, 7) is 0. The molecular formula is C9H9FINO3. The first-order valence-electron chi connectivity index (χ1n) is 3.92. The van der Waals surface area contributed by atoms with Crippen molar-refractivity contribution < 1.29 is 18.7 Å². The van der Waals surface area contributed by atoms with Crippen LogP contribution in [0.3, 0.4) is 0 Å². The number of carbonyl (C=O) groups is 1. The van der Waals surface area contributed by atoms with E-state index in [1.54, 1.807) is 0 Å². The average Bonchev–Trinajstić information content (AvgIpc) is 2.21. The molecule has 0 saturated carbocycles. The van der Waals surface area contributed by atoms with Crippen molar-refractivity contribution in [2.24, 2.45) is 0 Å². The van der Waals surface area contributed by atoms with Gasteiger partial charge in [0, 0.05) is 0 Å². The van der Waals surface area contributed by atoms with Crippen LogP contribution >= 0.6 is 22.6 Å². The summed E-state index contributed by atoms with van der Waals surface area (Å²) in [6, 6.07) is 1.20. The Balaban J connectivity index is 3.50. The van der Waals surface area contributed by atoms with Crippen molar-refractivity contribution in [1.29, 1.82) is 0 Å². The molecule has 4 nitrogen and oxygen atoms in total. The van der Waals surface area contributed by atoms with Crippen molar-refractivity contribution in [1.82, 2.24) is 0 Å². The molecule has 0 fully saturated rings. The van der Waals surface area contributed by atoms with Gasteiger partial charge >= 0.3 is 5.97 Å². The van der Waals surface area contributed by atoms with Crippen LogP contribution in [-0.4, -0.2) is 20.2 Å². The summed E-state index contributed by atoms with van der Waals surface area (Å²) < 4.78 is 23.2. The summed E-state index contributed by atoms with van der Waals surface area (Å²) in [6.07, 6.45) is 0. The topological polar surface area (TPSA) is 61.5 Å². The normalized spacial score (nSPS) is 9.87. The van der Waals surface area contributed by atoms with Gasteiger partial charge in [0.1, 0.15) is 17.1 Å². The van der Waals surface area contributed by atoms with Crippen LogP contribution in [0, 0.1) is 9.39 Å². The lowest BCUT2D eigenvalue weighted by molar-refractivity contribution is 0.0597. The van der Waals surface area contributed by atoms with Crippen LogP contribution in [0.1, 0.15) is 10.4 Å². The average molecular weight is 325 g/mol. The largest absolute Gasteiger partial charge is 0.495 e. The minimum Gasteiger partial charge on any atom is -0.495 e. The summed E-state index contributed by atoms with van der Waals surface area (Å²) in [7, 11) is 2.57. The fraction of sp³-hybridized carbons (Fsp3) is 0.222. The Morgan fingerprint density at radius 2 is 2.13 bits per heavy atom. The third-order valence-corrected chi connectivity index (χ3v) is 2.62. The second-order valence-corrected chi connectivity index (χ2v) is 3.82. The predicted octanol–water partition coefficient (Wildman–Crippen LogP) is 1.81. The molecule has 0 amide bonds. The van der Waals surface area contributed by atoms with Gasteiger partial charge in [-0.15, -0.1) is 0 Å². The lowest BCUT2D eigenvalue weighted by Gasteiger charge is -2.11. The van der Waals surface area contributed by atoms with Crippen LogP contribution in [0.15, 0.2) is 6.07 Å². The molecule has 6 heteroatoms. The molecule has 0 aliphatic heterocycles. The van der Waals surface area contributed by atoms with E-state index in [2.05, 4.69) is 4.74 Å².